The van der Waals surface area contributed by atoms with Crippen LogP contribution < -0.4 is 4.74 Å². The standard InChI is InChI=1S/C11H18N2O3S/c1-9(2)17(14,15)13(3)8-10-5-6-11(16-4)12-7-10/h5-7,9H,8H2,1-4H3. The molecule has 1 rings (SSSR count). The lowest BCUT2D eigenvalue weighted by atomic mass is 10.3. The highest BCUT2D eigenvalue weighted by Crippen LogP contribution is 2.12. The molecular formula is C11H18N2O3S. The maximum absolute atomic E-state index is 11.8. The summed E-state index contributed by atoms with van der Waals surface area (Å²) in [4.78, 5) is 4.03. The molecule has 1 heterocycles. The van der Waals surface area contributed by atoms with Crippen LogP contribution in [0.1, 0.15) is 19.4 Å². The Hall–Kier alpha value is -1.14. The van der Waals surface area contributed by atoms with Gasteiger partial charge in [-0.3, -0.25) is 0 Å². The molecule has 0 fully saturated rings. The quantitative estimate of drug-likeness (QED) is 0.797. The van der Waals surface area contributed by atoms with E-state index < -0.39 is 15.3 Å². The molecule has 0 spiro atoms. The van der Waals surface area contributed by atoms with Crippen molar-refractivity contribution >= 4 is 10.0 Å². The number of aromatic nitrogens is 1. The average molecular weight is 258 g/mol. The summed E-state index contributed by atoms with van der Waals surface area (Å²) in [5, 5.41) is -0.418. The predicted octanol–water partition coefficient (Wildman–Crippen LogP) is 1.26. The summed E-state index contributed by atoms with van der Waals surface area (Å²) in [7, 11) is -0.108. The van der Waals surface area contributed by atoms with Gasteiger partial charge in [0.15, 0.2) is 0 Å². The summed E-state index contributed by atoms with van der Waals surface area (Å²) in [5.74, 6) is 0.517. The van der Waals surface area contributed by atoms with Gasteiger partial charge in [-0.15, -0.1) is 0 Å². The zero-order chi connectivity index (χ0) is 13.1. The van der Waals surface area contributed by atoms with Crippen molar-refractivity contribution in [1.82, 2.24) is 9.29 Å². The Kier molecular flexibility index (Phi) is 4.47. The number of methoxy groups -OCH3 is 1. The molecule has 0 saturated heterocycles. The normalized spacial score (nSPS) is 12.1. The first-order valence-corrected chi connectivity index (χ1v) is 6.82. The van der Waals surface area contributed by atoms with E-state index in [1.165, 1.54) is 11.4 Å². The van der Waals surface area contributed by atoms with Crippen molar-refractivity contribution in [3.8, 4) is 5.88 Å². The van der Waals surface area contributed by atoms with Gasteiger partial charge in [0.05, 0.1) is 12.4 Å². The lowest BCUT2D eigenvalue weighted by Gasteiger charge is -2.19. The molecular weight excluding hydrogens is 240 g/mol. The number of hydrogen-bond donors (Lipinski definition) is 0. The van der Waals surface area contributed by atoms with Crippen LogP contribution in [0.2, 0.25) is 0 Å². The number of hydrogen-bond acceptors (Lipinski definition) is 4. The number of ether oxygens (including phenoxy) is 1. The highest BCUT2D eigenvalue weighted by molar-refractivity contribution is 7.89. The van der Waals surface area contributed by atoms with Gasteiger partial charge in [0.25, 0.3) is 0 Å². The van der Waals surface area contributed by atoms with Crippen LogP contribution in [-0.2, 0) is 16.6 Å². The van der Waals surface area contributed by atoms with E-state index in [4.69, 9.17) is 4.74 Å². The van der Waals surface area contributed by atoms with Gasteiger partial charge < -0.3 is 4.74 Å². The van der Waals surface area contributed by atoms with Gasteiger partial charge in [0.2, 0.25) is 15.9 Å². The van der Waals surface area contributed by atoms with E-state index in [2.05, 4.69) is 4.98 Å². The van der Waals surface area contributed by atoms with Crippen molar-refractivity contribution in [3.63, 3.8) is 0 Å². The summed E-state index contributed by atoms with van der Waals surface area (Å²) in [5.41, 5.74) is 0.831. The Morgan fingerprint density at radius 2 is 2.06 bits per heavy atom. The number of pyridine rings is 1. The van der Waals surface area contributed by atoms with E-state index >= 15 is 0 Å². The molecule has 1 aromatic rings. The summed E-state index contributed by atoms with van der Waals surface area (Å²) in [6, 6.07) is 3.52. The minimum atomic E-state index is -3.22. The first-order valence-electron chi connectivity index (χ1n) is 5.32. The highest BCUT2D eigenvalue weighted by atomic mass is 32.2. The third-order valence-corrected chi connectivity index (χ3v) is 4.63. The van der Waals surface area contributed by atoms with Crippen LogP contribution in [-0.4, -0.2) is 37.1 Å². The van der Waals surface area contributed by atoms with Crippen molar-refractivity contribution in [1.29, 1.82) is 0 Å². The zero-order valence-corrected chi connectivity index (χ0v) is 11.4. The van der Waals surface area contributed by atoms with Crippen LogP contribution in [0, 0.1) is 0 Å². The lowest BCUT2D eigenvalue weighted by molar-refractivity contribution is 0.397. The van der Waals surface area contributed by atoms with Crippen molar-refractivity contribution in [3.05, 3.63) is 23.9 Å². The smallest absolute Gasteiger partial charge is 0.216 e. The Balaban J connectivity index is 2.78. The molecule has 0 saturated carbocycles. The molecule has 0 N–H and O–H groups in total. The first kappa shape index (κ1) is 13.9. The maximum Gasteiger partial charge on any atom is 0.216 e. The molecule has 0 aliphatic carbocycles. The van der Waals surface area contributed by atoms with Gasteiger partial charge in [-0.25, -0.2) is 17.7 Å². The fourth-order valence-electron chi connectivity index (χ4n) is 1.33. The molecule has 1 aromatic heterocycles. The number of nitrogens with zero attached hydrogens (tertiary/aromatic N) is 2. The molecule has 17 heavy (non-hydrogen) atoms. The van der Waals surface area contributed by atoms with E-state index in [0.717, 1.165) is 5.56 Å². The van der Waals surface area contributed by atoms with Gasteiger partial charge >= 0.3 is 0 Å². The number of rotatable bonds is 5. The van der Waals surface area contributed by atoms with Gasteiger partial charge in [-0.2, -0.15) is 0 Å². The van der Waals surface area contributed by atoms with Crippen LogP contribution in [0.25, 0.3) is 0 Å². The third kappa shape index (κ3) is 3.41. The molecule has 0 aliphatic rings. The Morgan fingerprint density at radius 1 is 1.41 bits per heavy atom. The predicted molar refractivity (Wildman–Crippen MR) is 66.3 cm³/mol. The minimum Gasteiger partial charge on any atom is -0.481 e. The van der Waals surface area contributed by atoms with E-state index in [0.29, 0.717) is 12.4 Å². The van der Waals surface area contributed by atoms with Crippen molar-refractivity contribution < 1.29 is 13.2 Å². The second-order valence-electron chi connectivity index (χ2n) is 4.06. The summed E-state index contributed by atoms with van der Waals surface area (Å²) in [6.07, 6.45) is 1.62. The third-order valence-electron chi connectivity index (χ3n) is 2.44. The van der Waals surface area contributed by atoms with Crippen LogP contribution >= 0.6 is 0 Å². The molecule has 0 bridgehead atoms. The van der Waals surface area contributed by atoms with E-state index in [9.17, 15) is 8.42 Å². The fourth-order valence-corrected chi connectivity index (χ4v) is 2.38. The van der Waals surface area contributed by atoms with Crippen molar-refractivity contribution in [2.24, 2.45) is 0 Å². The molecule has 5 nitrogen and oxygen atoms in total. The Labute approximate surface area is 102 Å². The minimum absolute atomic E-state index is 0.317. The van der Waals surface area contributed by atoms with E-state index in [-0.39, 0.29) is 0 Å². The number of sulfonamides is 1. The summed E-state index contributed by atoms with van der Waals surface area (Å²) in [6.45, 7) is 3.65. The second-order valence-corrected chi connectivity index (χ2v) is 6.65. The molecule has 0 aromatic carbocycles. The van der Waals surface area contributed by atoms with Crippen LogP contribution in [0.3, 0.4) is 0 Å². The highest BCUT2D eigenvalue weighted by Gasteiger charge is 2.22. The molecule has 0 amide bonds. The summed E-state index contributed by atoms with van der Waals surface area (Å²) < 4.78 is 29.9. The Morgan fingerprint density at radius 3 is 2.47 bits per heavy atom. The fraction of sp³-hybridized carbons (Fsp3) is 0.545. The molecule has 0 unspecified atom stereocenters. The molecule has 0 atom stereocenters. The monoisotopic (exact) mass is 258 g/mol. The zero-order valence-electron chi connectivity index (χ0n) is 10.5. The first-order chi connectivity index (χ1) is 7.87. The molecule has 0 aliphatic heterocycles. The van der Waals surface area contributed by atoms with Gasteiger partial charge in [-0.1, -0.05) is 6.07 Å². The van der Waals surface area contributed by atoms with Crippen molar-refractivity contribution in [2.75, 3.05) is 14.2 Å². The van der Waals surface area contributed by atoms with Gasteiger partial charge in [-0.05, 0) is 19.4 Å². The topological polar surface area (TPSA) is 59.5 Å². The van der Waals surface area contributed by atoms with Crippen molar-refractivity contribution in [2.45, 2.75) is 25.6 Å². The average Bonchev–Trinajstić information content (AvgIpc) is 2.29. The SMILES string of the molecule is COc1ccc(CN(C)S(=O)(=O)C(C)C)cn1. The van der Waals surface area contributed by atoms with Crippen LogP contribution in [0.5, 0.6) is 5.88 Å². The van der Waals surface area contributed by atoms with Crippen LogP contribution in [0.4, 0.5) is 0 Å². The van der Waals surface area contributed by atoms with E-state index in [1.54, 1.807) is 39.2 Å². The van der Waals surface area contributed by atoms with E-state index in [1.807, 2.05) is 0 Å². The second kappa shape index (κ2) is 5.46. The molecule has 96 valence electrons. The Bertz CT molecular complexity index is 454. The largest absolute Gasteiger partial charge is 0.481 e. The molecule has 0 radical (unpaired) electrons. The summed E-state index contributed by atoms with van der Waals surface area (Å²) >= 11 is 0. The van der Waals surface area contributed by atoms with Gasteiger partial charge in [0.1, 0.15) is 0 Å². The molecule has 6 heteroatoms. The maximum atomic E-state index is 11.8. The lowest BCUT2D eigenvalue weighted by Crippen LogP contribution is -2.32. The van der Waals surface area contributed by atoms with Gasteiger partial charge in [0, 0.05) is 25.9 Å². The van der Waals surface area contributed by atoms with Crippen LogP contribution in [0.15, 0.2) is 18.3 Å².